The number of ketones is 1. The number of nitrogens with one attached hydrogen (secondary N) is 1. The third-order valence-electron chi connectivity index (χ3n) is 6.70. The molecular formula is C30H53NO3Si. The van der Waals surface area contributed by atoms with Crippen LogP contribution in [0.25, 0.3) is 0 Å². The molecule has 0 saturated heterocycles. The average Bonchev–Trinajstić information content (AvgIpc) is 2.79. The fourth-order valence-electron chi connectivity index (χ4n) is 4.50. The molecule has 0 aromatic heterocycles. The van der Waals surface area contributed by atoms with Gasteiger partial charge in [0.1, 0.15) is 6.42 Å². The standard InChI is InChI=1S/C30H53NO3Si/c1-35(2,3)25-19-17-15-13-11-9-7-5-4-6-8-10-12-14-16-18-24-31-28-22-20-27(21-23-28)29(32)26-30(33)34/h20-23,31H,4-19,24-26H2,1-3H3,(H,33,34). The lowest BCUT2D eigenvalue weighted by Crippen LogP contribution is -2.18. The summed E-state index contributed by atoms with van der Waals surface area (Å²) in [7, 11) is -0.810. The fraction of sp³-hybridized carbons (Fsp3) is 0.733. The Kier molecular flexibility index (Phi) is 17.5. The molecule has 1 aromatic rings. The molecule has 0 atom stereocenters. The van der Waals surface area contributed by atoms with Gasteiger partial charge < -0.3 is 10.4 Å². The van der Waals surface area contributed by atoms with Gasteiger partial charge in [-0.3, -0.25) is 9.59 Å². The quantitative estimate of drug-likeness (QED) is 0.0675. The van der Waals surface area contributed by atoms with Crippen LogP contribution in [0.2, 0.25) is 25.7 Å². The number of carboxylic acid groups (broad SMARTS) is 1. The first-order chi connectivity index (χ1) is 16.8. The van der Waals surface area contributed by atoms with Crippen molar-refractivity contribution < 1.29 is 14.7 Å². The van der Waals surface area contributed by atoms with Gasteiger partial charge in [-0.05, 0) is 30.7 Å². The number of carbonyl (C=O) groups is 2. The maximum absolute atomic E-state index is 11.7. The van der Waals surface area contributed by atoms with Crippen LogP contribution in [-0.2, 0) is 4.79 Å². The second-order valence-electron chi connectivity index (χ2n) is 11.5. The fourth-order valence-corrected chi connectivity index (χ4v) is 5.81. The molecule has 0 saturated carbocycles. The predicted octanol–water partition coefficient (Wildman–Crippen LogP) is 9.34. The number of aliphatic carboxylic acids is 1. The molecular weight excluding hydrogens is 450 g/mol. The van der Waals surface area contributed by atoms with E-state index < -0.39 is 20.5 Å². The minimum absolute atomic E-state index is 0.349. The number of carboxylic acids is 1. The van der Waals surface area contributed by atoms with Gasteiger partial charge in [0.15, 0.2) is 5.78 Å². The van der Waals surface area contributed by atoms with Crippen LogP contribution in [-0.4, -0.2) is 31.5 Å². The van der Waals surface area contributed by atoms with Gasteiger partial charge in [-0.15, -0.1) is 0 Å². The maximum Gasteiger partial charge on any atom is 0.311 e. The van der Waals surface area contributed by atoms with Gasteiger partial charge in [-0.1, -0.05) is 122 Å². The summed E-state index contributed by atoms with van der Waals surface area (Å²) in [4.78, 5) is 22.3. The van der Waals surface area contributed by atoms with Crippen molar-refractivity contribution in [2.24, 2.45) is 0 Å². The van der Waals surface area contributed by atoms with Crippen molar-refractivity contribution in [3.8, 4) is 0 Å². The van der Waals surface area contributed by atoms with Gasteiger partial charge in [0.25, 0.3) is 0 Å². The van der Waals surface area contributed by atoms with Crippen molar-refractivity contribution in [3.63, 3.8) is 0 Å². The molecule has 1 aromatic carbocycles. The molecule has 0 bridgehead atoms. The molecule has 200 valence electrons. The van der Waals surface area contributed by atoms with Crippen LogP contribution in [0, 0.1) is 0 Å². The van der Waals surface area contributed by atoms with Crippen LogP contribution in [0.1, 0.15) is 120 Å². The first-order valence-electron chi connectivity index (χ1n) is 14.4. The number of Topliss-reactive ketones (excluding diaryl/α,β-unsaturated/α-hetero) is 1. The molecule has 0 fully saturated rings. The highest BCUT2D eigenvalue weighted by Crippen LogP contribution is 2.17. The molecule has 4 nitrogen and oxygen atoms in total. The molecule has 2 N–H and O–H groups in total. The summed E-state index contributed by atoms with van der Waals surface area (Å²) in [5, 5.41) is 12.1. The van der Waals surface area contributed by atoms with E-state index in [1.54, 1.807) is 12.1 Å². The molecule has 0 aliphatic carbocycles. The zero-order chi connectivity index (χ0) is 25.8. The number of carbonyl (C=O) groups excluding carboxylic acids is 1. The van der Waals surface area contributed by atoms with E-state index in [-0.39, 0.29) is 5.78 Å². The van der Waals surface area contributed by atoms with Gasteiger partial charge >= 0.3 is 5.97 Å². The van der Waals surface area contributed by atoms with Crippen molar-refractivity contribution in [1.82, 2.24) is 0 Å². The molecule has 35 heavy (non-hydrogen) atoms. The van der Waals surface area contributed by atoms with Crippen LogP contribution < -0.4 is 5.32 Å². The topological polar surface area (TPSA) is 66.4 Å². The number of anilines is 1. The average molecular weight is 504 g/mol. The van der Waals surface area contributed by atoms with Crippen molar-refractivity contribution in [2.45, 2.75) is 135 Å². The van der Waals surface area contributed by atoms with Gasteiger partial charge in [-0.25, -0.2) is 0 Å². The summed E-state index contributed by atoms with van der Waals surface area (Å²) in [5.41, 5.74) is 1.44. The summed E-state index contributed by atoms with van der Waals surface area (Å²) in [5.74, 6) is -1.44. The Labute approximate surface area is 216 Å². The van der Waals surface area contributed by atoms with Crippen LogP contribution in [0.4, 0.5) is 5.69 Å². The lowest BCUT2D eigenvalue weighted by atomic mass is 10.0. The second kappa shape index (κ2) is 19.6. The monoisotopic (exact) mass is 503 g/mol. The van der Waals surface area contributed by atoms with E-state index in [0.717, 1.165) is 18.7 Å². The first kappa shape index (κ1) is 31.4. The molecule has 0 unspecified atom stereocenters. The molecule has 0 aliphatic rings. The third kappa shape index (κ3) is 19.3. The molecule has 0 spiro atoms. The summed E-state index contributed by atoms with van der Waals surface area (Å²) < 4.78 is 0. The Balaban J connectivity index is 1.83. The highest BCUT2D eigenvalue weighted by molar-refractivity contribution is 6.76. The predicted molar refractivity (Wildman–Crippen MR) is 154 cm³/mol. The molecule has 0 aliphatic heterocycles. The number of rotatable bonds is 23. The summed E-state index contributed by atoms with van der Waals surface area (Å²) in [6.07, 6.45) is 21.7. The lowest BCUT2D eigenvalue weighted by molar-refractivity contribution is -0.135. The van der Waals surface area contributed by atoms with Gasteiger partial charge in [0, 0.05) is 25.9 Å². The highest BCUT2D eigenvalue weighted by atomic mass is 28.3. The van der Waals surface area contributed by atoms with E-state index in [1.165, 1.54) is 102 Å². The number of hydrogen-bond donors (Lipinski definition) is 2. The minimum Gasteiger partial charge on any atom is -0.481 e. The van der Waals surface area contributed by atoms with E-state index in [4.69, 9.17) is 5.11 Å². The summed E-state index contributed by atoms with van der Waals surface area (Å²) in [6, 6.07) is 8.61. The summed E-state index contributed by atoms with van der Waals surface area (Å²) >= 11 is 0. The molecule has 0 radical (unpaired) electrons. The third-order valence-corrected chi connectivity index (χ3v) is 8.55. The Morgan fingerprint density at radius 1 is 0.657 bits per heavy atom. The van der Waals surface area contributed by atoms with Crippen LogP contribution >= 0.6 is 0 Å². The molecule has 5 heteroatoms. The lowest BCUT2D eigenvalue weighted by Gasteiger charge is -2.14. The van der Waals surface area contributed by atoms with Gasteiger partial charge in [0.2, 0.25) is 0 Å². The summed E-state index contributed by atoms with van der Waals surface area (Å²) in [6.45, 7) is 8.38. The smallest absolute Gasteiger partial charge is 0.311 e. The number of unbranched alkanes of at least 4 members (excludes halogenated alkanes) is 15. The number of benzene rings is 1. The van der Waals surface area contributed by atoms with E-state index in [1.807, 2.05) is 12.1 Å². The first-order valence-corrected chi connectivity index (χ1v) is 18.1. The van der Waals surface area contributed by atoms with Crippen LogP contribution in [0.15, 0.2) is 24.3 Å². The zero-order valence-electron chi connectivity index (χ0n) is 23.0. The largest absolute Gasteiger partial charge is 0.481 e. The Bertz CT molecular complexity index is 682. The van der Waals surface area contributed by atoms with E-state index in [9.17, 15) is 9.59 Å². The Morgan fingerprint density at radius 3 is 1.46 bits per heavy atom. The van der Waals surface area contributed by atoms with Crippen LogP contribution in [0.3, 0.4) is 0 Å². The van der Waals surface area contributed by atoms with E-state index in [0.29, 0.717) is 5.56 Å². The normalized spacial score (nSPS) is 11.5. The SMILES string of the molecule is C[Si](C)(C)CCCCCCCCCCCCCCCCCCNc1ccc(C(=O)CC(=O)O)cc1. The van der Waals surface area contributed by atoms with Gasteiger partial charge in [0.05, 0.1) is 0 Å². The zero-order valence-corrected chi connectivity index (χ0v) is 24.0. The maximum atomic E-state index is 11.7. The Hall–Kier alpha value is -1.62. The second-order valence-corrected chi connectivity index (χ2v) is 17.1. The molecule has 0 heterocycles. The highest BCUT2D eigenvalue weighted by Gasteiger charge is 2.11. The minimum atomic E-state index is -1.09. The van der Waals surface area contributed by atoms with Crippen molar-refractivity contribution in [1.29, 1.82) is 0 Å². The van der Waals surface area contributed by atoms with Crippen LogP contribution in [0.5, 0.6) is 0 Å². The molecule has 0 amide bonds. The van der Waals surface area contributed by atoms with E-state index >= 15 is 0 Å². The van der Waals surface area contributed by atoms with Gasteiger partial charge in [-0.2, -0.15) is 0 Å². The van der Waals surface area contributed by atoms with E-state index in [2.05, 4.69) is 25.0 Å². The Morgan fingerprint density at radius 2 is 1.06 bits per heavy atom. The van der Waals surface area contributed by atoms with Crippen molar-refractivity contribution in [2.75, 3.05) is 11.9 Å². The number of hydrogen-bond acceptors (Lipinski definition) is 3. The molecule has 1 rings (SSSR count). The van der Waals surface area contributed by atoms with Crippen molar-refractivity contribution >= 4 is 25.5 Å². The van der Waals surface area contributed by atoms with Crippen molar-refractivity contribution in [3.05, 3.63) is 29.8 Å².